The van der Waals surface area contributed by atoms with Crippen LogP contribution < -0.4 is 0 Å². The van der Waals surface area contributed by atoms with Crippen LogP contribution in [-0.4, -0.2) is 25.7 Å². The zero-order chi connectivity index (χ0) is 20.2. The Morgan fingerprint density at radius 1 is 1.26 bits per heavy atom. The Labute approximate surface area is 164 Å². The topological polar surface area (TPSA) is 52.6 Å². The van der Waals surface area contributed by atoms with Crippen molar-refractivity contribution in [2.75, 3.05) is 13.7 Å². The summed E-state index contributed by atoms with van der Waals surface area (Å²) in [5, 5.41) is 0. The fourth-order valence-corrected chi connectivity index (χ4v) is 5.74. The zero-order valence-corrected chi connectivity index (χ0v) is 17.7. The molecule has 0 N–H and O–H groups in total. The molecule has 0 radical (unpaired) electrons. The molecule has 0 amide bonds. The molecule has 27 heavy (non-hydrogen) atoms. The molecular weight excluding hydrogens is 340 g/mol. The normalized spacial score (nSPS) is 30.4. The highest BCUT2D eigenvalue weighted by Gasteiger charge is 2.52. The molecular formula is C23H36O4. The van der Waals surface area contributed by atoms with E-state index in [-0.39, 0.29) is 18.0 Å². The molecule has 0 aromatic carbocycles. The minimum Gasteiger partial charge on any atom is -0.466 e. The minimum atomic E-state index is -0.400. The number of fused-ring (bicyclic) bond motifs is 1. The SMILES string of the molecule is C=C1CC[C@H]2C(C)(C)CCC[C@]2(C)[C@H]1CC/C(=C/C(=O)OC)COC(C)=O. The average Bonchev–Trinajstić information content (AvgIpc) is 2.57. The molecule has 0 saturated heterocycles. The van der Waals surface area contributed by atoms with Crippen LogP contribution in [-0.2, 0) is 19.1 Å². The lowest BCUT2D eigenvalue weighted by Crippen LogP contribution is -2.49. The van der Waals surface area contributed by atoms with Gasteiger partial charge < -0.3 is 9.47 Å². The highest BCUT2D eigenvalue weighted by atomic mass is 16.5. The van der Waals surface area contributed by atoms with Crippen molar-refractivity contribution in [3.05, 3.63) is 23.8 Å². The Morgan fingerprint density at radius 3 is 2.59 bits per heavy atom. The van der Waals surface area contributed by atoms with E-state index >= 15 is 0 Å². The number of allylic oxidation sites excluding steroid dienone is 1. The van der Waals surface area contributed by atoms with E-state index in [1.54, 1.807) is 0 Å². The third-order valence-electron chi connectivity index (χ3n) is 7.06. The molecule has 0 spiro atoms. The Kier molecular flexibility index (Phi) is 6.93. The molecule has 0 bridgehead atoms. The largest absolute Gasteiger partial charge is 0.466 e. The number of esters is 2. The van der Waals surface area contributed by atoms with Crippen molar-refractivity contribution in [3.63, 3.8) is 0 Å². The van der Waals surface area contributed by atoms with Crippen molar-refractivity contribution in [1.29, 1.82) is 0 Å². The maximum atomic E-state index is 11.7. The second-order valence-corrected chi connectivity index (χ2v) is 9.29. The predicted molar refractivity (Wildman–Crippen MR) is 107 cm³/mol. The number of hydrogen-bond donors (Lipinski definition) is 0. The summed E-state index contributed by atoms with van der Waals surface area (Å²) in [6, 6.07) is 0. The number of methoxy groups -OCH3 is 1. The highest BCUT2D eigenvalue weighted by molar-refractivity contribution is 5.82. The summed E-state index contributed by atoms with van der Waals surface area (Å²) in [4.78, 5) is 22.9. The first-order chi connectivity index (χ1) is 12.6. The van der Waals surface area contributed by atoms with Crippen LogP contribution in [0.5, 0.6) is 0 Å². The summed E-state index contributed by atoms with van der Waals surface area (Å²) < 4.78 is 9.90. The Morgan fingerprint density at radius 2 is 1.96 bits per heavy atom. The molecule has 2 aliphatic rings. The third kappa shape index (κ3) is 5.03. The number of carbonyl (C=O) groups is 2. The standard InChI is InChI=1S/C23H36O4/c1-16-8-11-20-22(3,4)12-7-13-23(20,5)19(16)10-9-18(14-21(25)26-6)15-27-17(2)24/h14,19-20H,1,7-13,15H2,2-6H3/b18-14-/t19-,20-,23+/m0/s1. The molecule has 0 aromatic rings. The Bertz CT molecular complexity index is 616. The third-order valence-corrected chi connectivity index (χ3v) is 7.06. The summed E-state index contributed by atoms with van der Waals surface area (Å²) in [7, 11) is 1.36. The summed E-state index contributed by atoms with van der Waals surface area (Å²) in [5.41, 5.74) is 2.78. The first kappa shape index (κ1) is 21.7. The van der Waals surface area contributed by atoms with E-state index in [0.717, 1.165) is 24.8 Å². The number of rotatable bonds is 6. The molecule has 2 rings (SSSR count). The maximum Gasteiger partial charge on any atom is 0.330 e. The van der Waals surface area contributed by atoms with Gasteiger partial charge in [0.15, 0.2) is 0 Å². The van der Waals surface area contributed by atoms with E-state index in [1.165, 1.54) is 51.4 Å². The molecule has 4 nitrogen and oxygen atoms in total. The quantitative estimate of drug-likeness (QED) is 0.362. The van der Waals surface area contributed by atoms with Gasteiger partial charge in [0.05, 0.1) is 7.11 Å². The van der Waals surface area contributed by atoms with Gasteiger partial charge in [-0.05, 0) is 66.8 Å². The first-order valence-corrected chi connectivity index (χ1v) is 10.2. The molecule has 0 unspecified atom stereocenters. The lowest BCUT2D eigenvalue weighted by Gasteiger charge is -2.58. The van der Waals surface area contributed by atoms with Gasteiger partial charge in [-0.3, -0.25) is 4.79 Å². The van der Waals surface area contributed by atoms with Crippen LogP contribution >= 0.6 is 0 Å². The van der Waals surface area contributed by atoms with Gasteiger partial charge in [0.25, 0.3) is 0 Å². The predicted octanol–water partition coefficient (Wildman–Crippen LogP) is 5.23. The van der Waals surface area contributed by atoms with Crippen molar-refractivity contribution in [2.45, 2.75) is 72.6 Å². The smallest absolute Gasteiger partial charge is 0.330 e. The van der Waals surface area contributed by atoms with E-state index in [4.69, 9.17) is 9.47 Å². The van der Waals surface area contributed by atoms with Gasteiger partial charge in [-0.25, -0.2) is 4.79 Å². The molecule has 2 aliphatic carbocycles. The molecule has 3 atom stereocenters. The van der Waals surface area contributed by atoms with Crippen LogP contribution in [0.15, 0.2) is 23.8 Å². The second kappa shape index (κ2) is 8.62. The van der Waals surface area contributed by atoms with E-state index in [1.807, 2.05) is 0 Å². The molecule has 0 aromatic heterocycles. The summed E-state index contributed by atoms with van der Waals surface area (Å²) in [5.74, 6) is 0.404. The monoisotopic (exact) mass is 376 g/mol. The molecule has 0 heterocycles. The van der Waals surface area contributed by atoms with Crippen LogP contribution in [0.3, 0.4) is 0 Å². The second-order valence-electron chi connectivity index (χ2n) is 9.29. The van der Waals surface area contributed by atoms with Gasteiger partial charge in [-0.2, -0.15) is 0 Å². The van der Waals surface area contributed by atoms with E-state index < -0.39 is 5.97 Å². The maximum absolute atomic E-state index is 11.7. The van der Waals surface area contributed by atoms with Crippen LogP contribution in [0, 0.1) is 22.7 Å². The summed E-state index contributed by atoms with van der Waals surface area (Å²) >= 11 is 0. The average molecular weight is 377 g/mol. The van der Waals surface area contributed by atoms with Crippen LogP contribution in [0.2, 0.25) is 0 Å². The first-order valence-electron chi connectivity index (χ1n) is 10.2. The lowest BCUT2D eigenvalue weighted by molar-refractivity contribution is -0.140. The van der Waals surface area contributed by atoms with Crippen molar-refractivity contribution in [3.8, 4) is 0 Å². The molecule has 4 heteroatoms. The number of carbonyl (C=O) groups excluding carboxylic acids is 2. The fraction of sp³-hybridized carbons (Fsp3) is 0.739. The van der Waals surface area contributed by atoms with Gasteiger partial charge >= 0.3 is 11.9 Å². The van der Waals surface area contributed by atoms with Crippen molar-refractivity contribution < 1.29 is 19.1 Å². The summed E-state index contributed by atoms with van der Waals surface area (Å²) in [6.45, 7) is 13.2. The zero-order valence-electron chi connectivity index (χ0n) is 17.7. The Balaban J connectivity index is 2.16. The van der Waals surface area contributed by atoms with Crippen molar-refractivity contribution >= 4 is 11.9 Å². The Hall–Kier alpha value is -1.58. The number of ether oxygens (including phenoxy) is 2. The lowest BCUT2D eigenvalue weighted by atomic mass is 9.47. The molecule has 0 aliphatic heterocycles. The van der Waals surface area contributed by atoms with Crippen LogP contribution in [0.1, 0.15) is 72.6 Å². The summed E-state index contributed by atoms with van der Waals surface area (Å²) in [6.07, 6.45) is 9.25. The van der Waals surface area contributed by atoms with Gasteiger partial charge in [0, 0.05) is 13.0 Å². The van der Waals surface area contributed by atoms with Crippen molar-refractivity contribution in [1.82, 2.24) is 0 Å². The van der Waals surface area contributed by atoms with Crippen LogP contribution in [0.25, 0.3) is 0 Å². The van der Waals surface area contributed by atoms with E-state index in [2.05, 4.69) is 27.4 Å². The molecule has 2 fully saturated rings. The van der Waals surface area contributed by atoms with Gasteiger partial charge in [0.1, 0.15) is 6.61 Å². The molecule has 2 saturated carbocycles. The fourth-order valence-electron chi connectivity index (χ4n) is 5.74. The highest BCUT2D eigenvalue weighted by Crippen LogP contribution is 2.61. The van der Waals surface area contributed by atoms with Crippen LogP contribution in [0.4, 0.5) is 0 Å². The van der Waals surface area contributed by atoms with Gasteiger partial charge in [0.2, 0.25) is 0 Å². The van der Waals surface area contributed by atoms with Gasteiger partial charge in [-0.1, -0.05) is 39.3 Å². The minimum absolute atomic E-state index is 0.148. The van der Waals surface area contributed by atoms with E-state index in [0.29, 0.717) is 17.3 Å². The van der Waals surface area contributed by atoms with E-state index in [9.17, 15) is 9.59 Å². The van der Waals surface area contributed by atoms with Crippen molar-refractivity contribution in [2.24, 2.45) is 22.7 Å². The van der Waals surface area contributed by atoms with Gasteiger partial charge in [-0.15, -0.1) is 0 Å². The molecule has 152 valence electrons. The number of hydrogen-bond acceptors (Lipinski definition) is 4.